The number of sulfonamides is 1. The molecule has 1 aliphatic rings. The second kappa shape index (κ2) is 7.83. The summed E-state index contributed by atoms with van der Waals surface area (Å²) in [6, 6.07) is 3.45. The van der Waals surface area contributed by atoms with Gasteiger partial charge in [-0.1, -0.05) is 0 Å². The predicted molar refractivity (Wildman–Crippen MR) is 82.4 cm³/mol. The molecule has 1 aromatic rings. The lowest BCUT2D eigenvalue weighted by atomic mass is 9.90. The van der Waals surface area contributed by atoms with Crippen molar-refractivity contribution in [2.75, 3.05) is 25.4 Å². The van der Waals surface area contributed by atoms with Crippen molar-refractivity contribution in [3.05, 3.63) is 35.4 Å². The van der Waals surface area contributed by atoms with Crippen LogP contribution >= 0.6 is 0 Å². The normalized spacial score (nSPS) is 17.1. The monoisotopic (exact) mass is 346 g/mol. The van der Waals surface area contributed by atoms with E-state index < -0.39 is 21.7 Å². The third-order valence-corrected chi connectivity index (χ3v) is 5.97. The SMILES string of the molecule is O=CNCCCS(=O)(=O)N1CCC(c2cc(F)cc(F)c2)CC1. The predicted octanol–water partition coefficient (Wildman–Crippen LogP) is 1.61. The molecule has 2 rings (SSSR count). The van der Waals surface area contributed by atoms with Crippen LogP contribution in [-0.2, 0) is 14.8 Å². The van der Waals surface area contributed by atoms with Gasteiger partial charge >= 0.3 is 0 Å². The second-order valence-electron chi connectivity index (χ2n) is 5.62. The van der Waals surface area contributed by atoms with E-state index in [9.17, 15) is 22.0 Å². The summed E-state index contributed by atoms with van der Waals surface area (Å²) < 4.78 is 52.3. The van der Waals surface area contributed by atoms with E-state index in [-0.39, 0.29) is 11.7 Å². The van der Waals surface area contributed by atoms with Crippen molar-refractivity contribution in [2.45, 2.75) is 25.2 Å². The fourth-order valence-electron chi connectivity index (χ4n) is 2.82. The van der Waals surface area contributed by atoms with E-state index in [2.05, 4.69) is 5.32 Å². The molecule has 0 atom stereocenters. The molecule has 1 aromatic carbocycles. The van der Waals surface area contributed by atoms with Crippen LogP contribution < -0.4 is 5.32 Å². The lowest BCUT2D eigenvalue weighted by molar-refractivity contribution is -0.109. The van der Waals surface area contributed by atoms with Crippen LogP contribution in [0.15, 0.2) is 18.2 Å². The van der Waals surface area contributed by atoms with Gasteiger partial charge in [-0.05, 0) is 42.9 Å². The molecule has 1 N–H and O–H groups in total. The lowest BCUT2D eigenvalue weighted by Gasteiger charge is -2.31. The van der Waals surface area contributed by atoms with Crippen LogP contribution in [0.2, 0.25) is 0 Å². The smallest absolute Gasteiger partial charge is 0.214 e. The van der Waals surface area contributed by atoms with Crippen molar-refractivity contribution in [3.8, 4) is 0 Å². The number of halogens is 2. The molecule has 1 aliphatic heterocycles. The summed E-state index contributed by atoms with van der Waals surface area (Å²) in [6.45, 7) is 1.00. The molecule has 23 heavy (non-hydrogen) atoms. The van der Waals surface area contributed by atoms with Gasteiger partial charge in [0, 0.05) is 25.7 Å². The Morgan fingerprint density at radius 1 is 1.17 bits per heavy atom. The quantitative estimate of drug-likeness (QED) is 0.602. The van der Waals surface area contributed by atoms with E-state index in [0.717, 1.165) is 6.07 Å². The third-order valence-electron chi connectivity index (χ3n) is 4.01. The van der Waals surface area contributed by atoms with Crippen molar-refractivity contribution in [2.24, 2.45) is 0 Å². The maximum atomic E-state index is 13.3. The van der Waals surface area contributed by atoms with Crippen molar-refractivity contribution >= 4 is 16.4 Å². The van der Waals surface area contributed by atoms with Gasteiger partial charge in [-0.25, -0.2) is 21.5 Å². The van der Waals surface area contributed by atoms with Crippen molar-refractivity contribution in [3.63, 3.8) is 0 Å². The van der Waals surface area contributed by atoms with Crippen molar-refractivity contribution < 1.29 is 22.0 Å². The molecule has 0 bridgehead atoms. The molecule has 0 unspecified atom stereocenters. The zero-order chi connectivity index (χ0) is 16.9. The molecule has 1 heterocycles. The van der Waals surface area contributed by atoms with Gasteiger partial charge in [0.2, 0.25) is 16.4 Å². The highest BCUT2D eigenvalue weighted by molar-refractivity contribution is 7.89. The minimum absolute atomic E-state index is 0.0207. The first-order valence-corrected chi connectivity index (χ1v) is 9.14. The van der Waals surface area contributed by atoms with Crippen molar-refractivity contribution in [1.82, 2.24) is 9.62 Å². The van der Waals surface area contributed by atoms with Gasteiger partial charge in [0.05, 0.1) is 5.75 Å². The van der Waals surface area contributed by atoms with Gasteiger partial charge in [0.1, 0.15) is 11.6 Å². The highest BCUT2D eigenvalue weighted by Gasteiger charge is 2.28. The number of rotatable bonds is 7. The molecule has 1 saturated heterocycles. The molecular formula is C15H20F2N2O3S. The number of benzene rings is 1. The van der Waals surface area contributed by atoms with Gasteiger partial charge in [-0.15, -0.1) is 0 Å². The Morgan fingerprint density at radius 2 is 1.78 bits per heavy atom. The van der Waals surface area contributed by atoms with E-state index in [0.29, 0.717) is 50.9 Å². The Morgan fingerprint density at radius 3 is 2.35 bits per heavy atom. The number of carbonyl (C=O) groups excluding carboxylic acids is 1. The summed E-state index contributed by atoms with van der Waals surface area (Å²) in [5.41, 5.74) is 0.578. The van der Waals surface area contributed by atoms with Crippen LogP contribution in [0.5, 0.6) is 0 Å². The first-order valence-electron chi connectivity index (χ1n) is 7.53. The maximum Gasteiger partial charge on any atom is 0.214 e. The van der Waals surface area contributed by atoms with E-state index >= 15 is 0 Å². The Hall–Kier alpha value is -1.54. The Labute approximate surface area is 134 Å². The summed E-state index contributed by atoms with van der Waals surface area (Å²) in [5.74, 6) is -1.29. The van der Waals surface area contributed by atoms with E-state index in [4.69, 9.17) is 0 Å². The molecule has 0 aromatic heterocycles. The summed E-state index contributed by atoms with van der Waals surface area (Å²) in [5, 5.41) is 2.43. The van der Waals surface area contributed by atoms with Crippen LogP contribution in [0.1, 0.15) is 30.7 Å². The maximum absolute atomic E-state index is 13.3. The fourth-order valence-corrected chi connectivity index (χ4v) is 4.36. The van der Waals surface area contributed by atoms with E-state index in [1.807, 2.05) is 0 Å². The zero-order valence-electron chi connectivity index (χ0n) is 12.7. The van der Waals surface area contributed by atoms with Gasteiger partial charge in [0.15, 0.2) is 0 Å². The molecule has 128 valence electrons. The molecule has 1 amide bonds. The highest BCUT2D eigenvalue weighted by Crippen LogP contribution is 2.30. The molecular weight excluding hydrogens is 326 g/mol. The zero-order valence-corrected chi connectivity index (χ0v) is 13.5. The second-order valence-corrected chi connectivity index (χ2v) is 7.71. The van der Waals surface area contributed by atoms with Gasteiger partial charge in [-0.3, -0.25) is 4.79 Å². The number of nitrogens with zero attached hydrogens (tertiary/aromatic N) is 1. The van der Waals surface area contributed by atoms with Gasteiger partial charge in [0.25, 0.3) is 0 Å². The number of nitrogens with one attached hydrogen (secondary N) is 1. The third kappa shape index (κ3) is 4.97. The van der Waals surface area contributed by atoms with Crippen LogP contribution in [-0.4, -0.2) is 44.5 Å². The molecule has 0 aliphatic carbocycles. The van der Waals surface area contributed by atoms with Crippen LogP contribution in [0, 0.1) is 11.6 Å². The minimum atomic E-state index is -3.36. The van der Waals surface area contributed by atoms with Gasteiger partial charge < -0.3 is 5.32 Å². The number of carbonyl (C=O) groups is 1. The van der Waals surface area contributed by atoms with Crippen molar-refractivity contribution in [1.29, 1.82) is 0 Å². The van der Waals surface area contributed by atoms with Gasteiger partial charge in [-0.2, -0.15) is 0 Å². The summed E-state index contributed by atoms with van der Waals surface area (Å²) in [6.07, 6.45) is 1.97. The lowest BCUT2D eigenvalue weighted by Crippen LogP contribution is -2.39. The minimum Gasteiger partial charge on any atom is -0.359 e. The molecule has 0 saturated carbocycles. The van der Waals surface area contributed by atoms with Crippen LogP contribution in [0.25, 0.3) is 0 Å². The number of hydrogen-bond donors (Lipinski definition) is 1. The Balaban J connectivity index is 1.91. The number of hydrogen-bond acceptors (Lipinski definition) is 3. The Bertz CT molecular complexity index is 624. The number of amides is 1. The molecule has 0 spiro atoms. The van der Waals surface area contributed by atoms with E-state index in [1.165, 1.54) is 16.4 Å². The molecule has 8 heteroatoms. The molecule has 0 radical (unpaired) electrons. The average Bonchev–Trinajstić information content (AvgIpc) is 2.51. The average molecular weight is 346 g/mol. The Kier molecular flexibility index (Phi) is 6.06. The highest BCUT2D eigenvalue weighted by atomic mass is 32.2. The summed E-state index contributed by atoms with van der Waals surface area (Å²) >= 11 is 0. The largest absolute Gasteiger partial charge is 0.359 e. The number of piperidine rings is 1. The summed E-state index contributed by atoms with van der Waals surface area (Å²) in [7, 11) is -3.36. The first-order chi connectivity index (χ1) is 10.9. The van der Waals surface area contributed by atoms with E-state index in [1.54, 1.807) is 0 Å². The molecule has 5 nitrogen and oxygen atoms in total. The topological polar surface area (TPSA) is 66.5 Å². The fraction of sp³-hybridized carbons (Fsp3) is 0.533. The van der Waals surface area contributed by atoms with Crippen LogP contribution in [0.4, 0.5) is 8.78 Å². The standard InChI is InChI=1S/C15H20F2N2O3S/c16-14-8-13(9-15(17)10-14)12-2-5-19(6-3-12)23(21,22)7-1-4-18-11-20/h8-12H,1-7H2,(H,18,20). The first kappa shape index (κ1) is 17.8. The van der Waals surface area contributed by atoms with Crippen LogP contribution in [0.3, 0.4) is 0 Å². The summed E-state index contributed by atoms with van der Waals surface area (Å²) in [4.78, 5) is 10.1. The molecule has 1 fully saturated rings.